The molecule has 0 aliphatic heterocycles. The van der Waals surface area contributed by atoms with Gasteiger partial charge in [-0.3, -0.25) is 9.59 Å². The number of carbonyl (C=O) groups is 2. The second-order valence-corrected chi connectivity index (χ2v) is 7.09. The van der Waals surface area contributed by atoms with E-state index >= 15 is 0 Å². The molecule has 11 heteroatoms. The van der Waals surface area contributed by atoms with Crippen molar-refractivity contribution in [2.45, 2.75) is 18.2 Å². The van der Waals surface area contributed by atoms with Crippen molar-refractivity contribution < 1.29 is 31.5 Å². The van der Waals surface area contributed by atoms with Crippen LogP contribution in [0.3, 0.4) is 0 Å². The molecule has 0 bridgehead atoms. The highest BCUT2D eigenvalue weighted by molar-refractivity contribution is 9.10. The molecule has 134 valence electrons. The van der Waals surface area contributed by atoms with Crippen LogP contribution in [0.2, 0.25) is 0 Å². The van der Waals surface area contributed by atoms with Gasteiger partial charge in [-0.25, -0.2) is 17.2 Å². The molecule has 7 nitrogen and oxygen atoms in total. The van der Waals surface area contributed by atoms with E-state index in [1.807, 2.05) is 11.6 Å². The number of amides is 1. The molecule has 0 aliphatic rings. The van der Waals surface area contributed by atoms with Crippen molar-refractivity contribution in [1.29, 1.82) is 0 Å². The number of rotatable bonds is 8. The number of sulfonamides is 1. The summed E-state index contributed by atoms with van der Waals surface area (Å²) in [5.74, 6) is -3.83. The molecule has 0 aliphatic carbocycles. The average molecular weight is 429 g/mol. The highest BCUT2D eigenvalue weighted by Gasteiger charge is 2.24. The van der Waals surface area contributed by atoms with Gasteiger partial charge in [0.05, 0.1) is 0 Å². The van der Waals surface area contributed by atoms with E-state index in [1.165, 1.54) is 0 Å². The summed E-state index contributed by atoms with van der Waals surface area (Å²) in [7, 11) is -4.43. The van der Waals surface area contributed by atoms with Gasteiger partial charge in [-0.15, -0.1) is 0 Å². The Balaban J connectivity index is 2.63. The Labute approximate surface area is 145 Å². The quantitative estimate of drug-likeness (QED) is 0.603. The number of esters is 1. The van der Waals surface area contributed by atoms with Crippen LogP contribution in [-0.4, -0.2) is 40.0 Å². The Morgan fingerprint density at radius 3 is 2.54 bits per heavy atom. The van der Waals surface area contributed by atoms with Gasteiger partial charge in [0.15, 0.2) is 6.61 Å². The summed E-state index contributed by atoms with van der Waals surface area (Å²) in [6.07, 6.45) is 0.706. The van der Waals surface area contributed by atoms with Crippen LogP contribution in [0.1, 0.15) is 13.3 Å². The molecule has 24 heavy (non-hydrogen) atoms. The molecule has 0 heterocycles. The second kappa shape index (κ2) is 9.04. The number of carbonyl (C=O) groups excluding carboxylic acids is 2. The van der Waals surface area contributed by atoms with E-state index in [9.17, 15) is 26.8 Å². The number of halogens is 3. The second-order valence-electron chi connectivity index (χ2n) is 4.53. The summed E-state index contributed by atoms with van der Waals surface area (Å²) >= 11 is 2.75. The number of nitrogens with one attached hydrogen (secondary N) is 2. The van der Waals surface area contributed by atoms with Gasteiger partial charge in [0, 0.05) is 17.1 Å². The van der Waals surface area contributed by atoms with E-state index in [-0.39, 0.29) is 4.47 Å². The summed E-state index contributed by atoms with van der Waals surface area (Å²) < 4.78 is 56.6. The van der Waals surface area contributed by atoms with Gasteiger partial charge in [-0.1, -0.05) is 6.92 Å². The lowest BCUT2D eigenvalue weighted by atomic mass is 10.3. The first-order valence-electron chi connectivity index (χ1n) is 6.74. The maximum absolute atomic E-state index is 13.6. The van der Waals surface area contributed by atoms with Crippen LogP contribution >= 0.6 is 15.9 Å². The number of ether oxygens (including phenoxy) is 1. The van der Waals surface area contributed by atoms with Crippen LogP contribution in [0.15, 0.2) is 21.5 Å². The van der Waals surface area contributed by atoms with Crippen LogP contribution in [-0.2, 0) is 24.3 Å². The third-order valence-corrected chi connectivity index (χ3v) is 4.94. The summed E-state index contributed by atoms with van der Waals surface area (Å²) in [5.41, 5.74) is 0. The monoisotopic (exact) mass is 428 g/mol. The van der Waals surface area contributed by atoms with Gasteiger partial charge < -0.3 is 10.1 Å². The van der Waals surface area contributed by atoms with Crippen LogP contribution in [0.4, 0.5) is 8.78 Å². The predicted octanol–water partition coefficient (Wildman–Crippen LogP) is 1.07. The largest absolute Gasteiger partial charge is 0.455 e. The van der Waals surface area contributed by atoms with Crippen LogP contribution in [0.25, 0.3) is 0 Å². The topological polar surface area (TPSA) is 102 Å². The molecule has 1 aromatic rings. The fraction of sp³-hybridized carbons (Fsp3) is 0.385. The highest BCUT2D eigenvalue weighted by atomic mass is 79.9. The fourth-order valence-corrected chi connectivity index (χ4v) is 3.66. The average Bonchev–Trinajstić information content (AvgIpc) is 2.47. The molecule has 0 aromatic heterocycles. The molecule has 0 saturated heterocycles. The van der Waals surface area contributed by atoms with Gasteiger partial charge in [-0.2, -0.15) is 4.72 Å². The maximum atomic E-state index is 13.6. The van der Waals surface area contributed by atoms with E-state index in [0.717, 1.165) is 6.07 Å². The van der Waals surface area contributed by atoms with E-state index in [2.05, 4.69) is 26.0 Å². The first-order chi connectivity index (χ1) is 11.2. The predicted molar refractivity (Wildman–Crippen MR) is 83.5 cm³/mol. The zero-order valence-electron chi connectivity index (χ0n) is 12.6. The van der Waals surface area contributed by atoms with Crippen LogP contribution in [0, 0.1) is 11.6 Å². The first kappa shape index (κ1) is 20.5. The minimum absolute atomic E-state index is 0.334. The summed E-state index contributed by atoms with van der Waals surface area (Å²) in [6.45, 7) is 0.885. The van der Waals surface area contributed by atoms with Crippen molar-refractivity contribution in [2.24, 2.45) is 0 Å². The highest BCUT2D eigenvalue weighted by Crippen LogP contribution is 2.25. The maximum Gasteiger partial charge on any atom is 0.321 e. The van der Waals surface area contributed by atoms with E-state index in [4.69, 9.17) is 0 Å². The fourth-order valence-electron chi connectivity index (χ4n) is 1.52. The summed E-state index contributed by atoms with van der Waals surface area (Å²) in [4.78, 5) is 21.8. The third kappa shape index (κ3) is 6.13. The Kier molecular flexibility index (Phi) is 7.70. The van der Waals surface area contributed by atoms with Crippen molar-refractivity contribution in [3.63, 3.8) is 0 Å². The van der Waals surface area contributed by atoms with Crippen LogP contribution < -0.4 is 10.0 Å². The van der Waals surface area contributed by atoms with Gasteiger partial charge >= 0.3 is 5.97 Å². The number of hydrogen-bond acceptors (Lipinski definition) is 5. The molecular formula is C13H15BrF2N2O5S. The van der Waals surface area contributed by atoms with Gasteiger partial charge in [0.25, 0.3) is 5.91 Å². The Hall–Kier alpha value is -1.59. The van der Waals surface area contributed by atoms with Crippen molar-refractivity contribution in [2.75, 3.05) is 19.7 Å². The minimum atomic E-state index is -4.43. The molecule has 0 spiro atoms. The standard InChI is InChI=1S/C13H15BrF2N2O5S/c1-2-3-17-11(19)7-23-12(20)6-18-24(21,22)13-9(14)4-8(15)5-10(13)16/h4-5,18H,2-3,6-7H2,1H3,(H,17,19). The van der Waals surface area contributed by atoms with Crippen molar-refractivity contribution >= 4 is 37.8 Å². The third-order valence-electron chi connectivity index (χ3n) is 2.57. The van der Waals surface area contributed by atoms with E-state index < -0.39 is 51.6 Å². The van der Waals surface area contributed by atoms with Crippen molar-refractivity contribution in [3.05, 3.63) is 28.2 Å². The Morgan fingerprint density at radius 1 is 1.29 bits per heavy atom. The van der Waals surface area contributed by atoms with Gasteiger partial charge in [-0.05, 0) is 28.4 Å². The number of benzene rings is 1. The summed E-state index contributed by atoms with van der Waals surface area (Å²) in [5, 5.41) is 2.46. The molecule has 0 saturated carbocycles. The molecule has 2 N–H and O–H groups in total. The van der Waals surface area contributed by atoms with Crippen molar-refractivity contribution in [3.8, 4) is 0 Å². The van der Waals surface area contributed by atoms with Gasteiger partial charge in [0.2, 0.25) is 10.0 Å². The Morgan fingerprint density at radius 2 is 1.96 bits per heavy atom. The smallest absolute Gasteiger partial charge is 0.321 e. The Bertz CT molecular complexity index is 704. The molecule has 0 unspecified atom stereocenters. The lowest BCUT2D eigenvalue weighted by Gasteiger charge is -2.10. The molecule has 1 rings (SSSR count). The molecule has 0 radical (unpaired) electrons. The molecule has 1 amide bonds. The van der Waals surface area contributed by atoms with Gasteiger partial charge in [0.1, 0.15) is 23.1 Å². The molecule has 0 fully saturated rings. The first-order valence-corrected chi connectivity index (χ1v) is 9.01. The lowest BCUT2D eigenvalue weighted by molar-refractivity contribution is -0.147. The zero-order valence-corrected chi connectivity index (χ0v) is 15.0. The zero-order chi connectivity index (χ0) is 18.3. The molecule has 1 aromatic carbocycles. The molecule has 0 atom stereocenters. The number of hydrogen-bond donors (Lipinski definition) is 2. The normalized spacial score (nSPS) is 11.2. The minimum Gasteiger partial charge on any atom is -0.455 e. The van der Waals surface area contributed by atoms with E-state index in [0.29, 0.717) is 19.0 Å². The molecular weight excluding hydrogens is 414 g/mol. The lowest BCUT2D eigenvalue weighted by Crippen LogP contribution is -2.34. The van der Waals surface area contributed by atoms with Crippen molar-refractivity contribution in [1.82, 2.24) is 10.0 Å². The summed E-state index contributed by atoms with van der Waals surface area (Å²) in [6, 6.07) is 1.17. The SMILES string of the molecule is CCCNC(=O)COC(=O)CNS(=O)(=O)c1c(F)cc(F)cc1Br. The van der Waals surface area contributed by atoms with E-state index in [1.54, 1.807) is 0 Å². The van der Waals surface area contributed by atoms with Crippen LogP contribution in [0.5, 0.6) is 0 Å².